The van der Waals surface area contributed by atoms with E-state index in [2.05, 4.69) is 9.97 Å². The van der Waals surface area contributed by atoms with E-state index in [4.69, 9.17) is 4.74 Å². The summed E-state index contributed by atoms with van der Waals surface area (Å²) < 4.78 is 4.90. The van der Waals surface area contributed by atoms with Crippen LogP contribution in [0, 0.1) is 12.3 Å². The Balaban J connectivity index is 2.59. The Labute approximate surface area is 117 Å². The number of carbonyl (C=O) groups is 2. The highest BCUT2D eigenvalue weighted by atomic mass is 32.2. The molecule has 1 rings (SSSR count). The lowest BCUT2D eigenvalue weighted by atomic mass is 9.89. The number of esters is 1. The Morgan fingerprint density at radius 3 is 2.42 bits per heavy atom. The fraction of sp³-hybridized carbons (Fsp3) is 0.538. The van der Waals surface area contributed by atoms with E-state index < -0.39 is 11.4 Å². The molecule has 0 saturated carbocycles. The molecular weight excluding hydrogens is 264 g/mol. The molecule has 5 nitrogen and oxygen atoms in total. The van der Waals surface area contributed by atoms with Gasteiger partial charge in [0.05, 0.1) is 12.4 Å². The summed E-state index contributed by atoms with van der Waals surface area (Å²) in [5.41, 5.74) is -0.171. The first-order valence-corrected chi connectivity index (χ1v) is 6.98. The van der Waals surface area contributed by atoms with Crippen LogP contribution in [0.2, 0.25) is 0 Å². The minimum Gasteiger partial charge on any atom is -0.465 e. The predicted octanol–water partition coefficient (Wildman–Crippen LogP) is 2.04. The van der Waals surface area contributed by atoms with Crippen molar-refractivity contribution in [2.75, 3.05) is 12.4 Å². The Morgan fingerprint density at radius 1 is 1.32 bits per heavy atom. The number of carbonyl (C=O) groups excluding carboxylic acids is 2. The van der Waals surface area contributed by atoms with Crippen molar-refractivity contribution in [1.82, 2.24) is 9.97 Å². The van der Waals surface area contributed by atoms with Gasteiger partial charge < -0.3 is 4.74 Å². The third kappa shape index (κ3) is 4.31. The number of thioether (sulfide) groups is 1. The number of ether oxygens (including phenoxy) is 1. The maximum atomic E-state index is 12.0. The maximum absolute atomic E-state index is 12.0. The van der Waals surface area contributed by atoms with Gasteiger partial charge in [-0.15, -0.1) is 0 Å². The molecule has 0 unspecified atom stereocenters. The third-order valence-corrected chi connectivity index (χ3v) is 3.45. The second-order valence-corrected chi connectivity index (χ2v) is 5.54. The molecule has 19 heavy (non-hydrogen) atoms. The molecule has 0 aliphatic rings. The molecule has 104 valence electrons. The molecule has 1 heterocycles. The molecule has 0 aliphatic carbocycles. The monoisotopic (exact) mass is 282 g/mol. The average molecular weight is 282 g/mol. The van der Waals surface area contributed by atoms with Gasteiger partial charge in [-0.3, -0.25) is 9.59 Å². The van der Waals surface area contributed by atoms with Gasteiger partial charge in [-0.1, -0.05) is 11.8 Å². The van der Waals surface area contributed by atoms with Crippen molar-refractivity contribution in [3.05, 3.63) is 18.0 Å². The molecule has 0 aliphatic heterocycles. The van der Waals surface area contributed by atoms with Crippen molar-refractivity contribution in [2.45, 2.75) is 32.9 Å². The van der Waals surface area contributed by atoms with Crippen LogP contribution in [0.25, 0.3) is 0 Å². The molecule has 0 N–H and O–H groups in total. The fourth-order valence-electron chi connectivity index (χ4n) is 1.19. The standard InChI is InChI=1S/C13H18N2O3S/c1-5-18-11(17)13(3,4)10(16)8-19-12-14-6-9(2)7-15-12/h6-7H,5,8H2,1-4H3. The zero-order chi connectivity index (χ0) is 14.5. The Bertz CT molecular complexity index is 457. The summed E-state index contributed by atoms with van der Waals surface area (Å²) in [6, 6.07) is 0. The van der Waals surface area contributed by atoms with Gasteiger partial charge in [-0.2, -0.15) is 0 Å². The van der Waals surface area contributed by atoms with E-state index in [1.165, 1.54) is 11.8 Å². The van der Waals surface area contributed by atoms with E-state index in [1.54, 1.807) is 33.2 Å². The lowest BCUT2D eigenvalue weighted by molar-refractivity contribution is -0.157. The lowest BCUT2D eigenvalue weighted by Crippen LogP contribution is -2.36. The van der Waals surface area contributed by atoms with E-state index >= 15 is 0 Å². The van der Waals surface area contributed by atoms with Gasteiger partial charge >= 0.3 is 5.97 Å². The molecule has 1 aromatic heterocycles. The first-order chi connectivity index (χ1) is 8.87. The van der Waals surface area contributed by atoms with E-state index in [9.17, 15) is 9.59 Å². The van der Waals surface area contributed by atoms with Crippen LogP contribution in [0.3, 0.4) is 0 Å². The summed E-state index contributed by atoms with van der Waals surface area (Å²) in [5.74, 6) is -0.542. The molecule has 1 aromatic rings. The quantitative estimate of drug-likeness (QED) is 0.344. The Kier molecular flexibility index (Phi) is 5.47. The van der Waals surface area contributed by atoms with E-state index in [0.29, 0.717) is 5.16 Å². The second kappa shape index (κ2) is 6.65. The van der Waals surface area contributed by atoms with Crippen LogP contribution in [0.4, 0.5) is 0 Å². The number of rotatable bonds is 6. The topological polar surface area (TPSA) is 69.2 Å². The Morgan fingerprint density at radius 2 is 1.89 bits per heavy atom. The van der Waals surface area contributed by atoms with Crippen molar-refractivity contribution in [2.24, 2.45) is 5.41 Å². The maximum Gasteiger partial charge on any atom is 0.319 e. The highest BCUT2D eigenvalue weighted by Crippen LogP contribution is 2.23. The van der Waals surface area contributed by atoms with Crippen LogP contribution in [-0.2, 0) is 14.3 Å². The van der Waals surface area contributed by atoms with Gasteiger partial charge in [-0.25, -0.2) is 9.97 Å². The predicted molar refractivity (Wildman–Crippen MR) is 72.9 cm³/mol. The number of hydrogen-bond acceptors (Lipinski definition) is 6. The summed E-state index contributed by atoms with van der Waals surface area (Å²) in [4.78, 5) is 31.9. The van der Waals surface area contributed by atoms with Gasteiger partial charge in [0.2, 0.25) is 0 Å². The van der Waals surface area contributed by atoms with Crippen LogP contribution in [0.1, 0.15) is 26.3 Å². The lowest BCUT2D eigenvalue weighted by Gasteiger charge is -2.20. The first kappa shape index (κ1) is 15.6. The zero-order valence-electron chi connectivity index (χ0n) is 11.6. The molecule has 0 radical (unpaired) electrons. The number of hydrogen-bond donors (Lipinski definition) is 0. The Hall–Kier alpha value is -1.43. The average Bonchev–Trinajstić information content (AvgIpc) is 2.37. The van der Waals surface area contributed by atoms with Gasteiger partial charge in [0.1, 0.15) is 5.41 Å². The van der Waals surface area contributed by atoms with Crippen molar-refractivity contribution in [3.8, 4) is 0 Å². The molecule has 0 atom stereocenters. The summed E-state index contributed by atoms with van der Waals surface area (Å²) in [6.07, 6.45) is 3.38. The molecule has 0 spiro atoms. The van der Waals surface area contributed by atoms with E-state index in [0.717, 1.165) is 5.56 Å². The largest absolute Gasteiger partial charge is 0.465 e. The molecule has 0 bridgehead atoms. The summed E-state index contributed by atoms with van der Waals surface area (Å²) in [5, 5.41) is 0.526. The normalized spacial score (nSPS) is 11.2. The number of Topliss-reactive ketones (excluding diaryl/α,β-unsaturated/α-hetero) is 1. The van der Waals surface area contributed by atoms with Crippen molar-refractivity contribution < 1.29 is 14.3 Å². The minimum atomic E-state index is -1.13. The summed E-state index contributed by atoms with van der Waals surface area (Å²) in [7, 11) is 0. The van der Waals surface area contributed by atoms with E-state index in [1.807, 2.05) is 6.92 Å². The highest BCUT2D eigenvalue weighted by Gasteiger charge is 2.37. The van der Waals surface area contributed by atoms with Crippen molar-refractivity contribution >= 4 is 23.5 Å². The number of ketones is 1. The first-order valence-electron chi connectivity index (χ1n) is 6.00. The molecular formula is C13H18N2O3S. The molecule has 0 aromatic carbocycles. The zero-order valence-corrected chi connectivity index (χ0v) is 12.4. The minimum absolute atomic E-state index is 0.148. The van der Waals surface area contributed by atoms with Crippen LogP contribution < -0.4 is 0 Å². The van der Waals surface area contributed by atoms with Crippen LogP contribution >= 0.6 is 11.8 Å². The molecule has 0 fully saturated rings. The van der Waals surface area contributed by atoms with Crippen LogP contribution in [0.5, 0.6) is 0 Å². The van der Waals surface area contributed by atoms with Gasteiger partial charge in [-0.05, 0) is 33.3 Å². The number of aryl methyl sites for hydroxylation is 1. The smallest absolute Gasteiger partial charge is 0.319 e. The summed E-state index contributed by atoms with van der Waals surface area (Å²) in [6.45, 7) is 7.02. The molecule has 6 heteroatoms. The van der Waals surface area contributed by atoms with Crippen LogP contribution in [-0.4, -0.2) is 34.1 Å². The highest BCUT2D eigenvalue weighted by molar-refractivity contribution is 7.99. The van der Waals surface area contributed by atoms with Crippen molar-refractivity contribution in [3.63, 3.8) is 0 Å². The number of nitrogens with zero attached hydrogens (tertiary/aromatic N) is 2. The van der Waals surface area contributed by atoms with E-state index in [-0.39, 0.29) is 18.1 Å². The fourth-order valence-corrected chi connectivity index (χ4v) is 2.07. The molecule has 0 amide bonds. The number of aromatic nitrogens is 2. The van der Waals surface area contributed by atoms with Gasteiger partial charge in [0.25, 0.3) is 0 Å². The SMILES string of the molecule is CCOC(=O)C(C)(C)C(=O)CSc1ncc(C)cn1. The summed E-state index contributed by atoms with van der Waals surface area (Å²) >= 11 is 1.22. The van der Waals surface area contributed by atoms with Gasteiger partial charge in [0, 0.05) is 12.4 Å². The van der Waals surface area contributed by atoms with Crippen molar-refractivity contribution in [1.29, 1.82) is 0 Å². The van der Waals surface area contributed by atoms with Gasteiger partial charge in [0.15, 0.2) is 10.9 Å². The molecule has 0 saturated heterocycles. The van der Waals surface area contributed by atoms with Crippen LogP contribution in [0.15, 0.2) is 17.6 Å². The third-order valence-electron chi connectivity index (χ3n) is 2.57. The second-order valence-electron chi connectivity index (χ2n) is 4.60.